The number of hydrogen-bond donors (Lipinski definition) is 3. The molecular formula is C77H150O17P2. The molecule has 17 nitrogen and oxygen atoms in total. The third kappa shape index (κ3) is 70.5. The molecule has 570 valence electrons. The second-order valence-electron chi connectivity index (χ2n) is 29.2. The summed E-state index contributed by atoms with van der Waals surface area (Å²) in [5, 5.41) is 10.6. The molecule has 5 atom stereocenters. The Morgan fingerprint density at radius 1 is 0.281 bits per heavy atom. The standard InChI is InChI=1S/C77H150O17P2/c1-8-9-10-11-12-13-23-31-38-46-53-60-76(81)94-73(65-88-75(80)59-52-45-40-33-36-43-50-57-70(6)7)67-92-96(85,86)90-63-71(78)62-89-95(83,84)91-66-72(64-87-74(79)58-51-44-37-30-27-22-25-29-35-42-49-56-69(4)5)93-77(82)61-54-47-39-32-26-21-19-17-15-14-16-18-20-24-28-34-41-48-55-68(2)3/h68-73,78H,8-67H2,1-7H3,(H,83,84)(H,85,86)/t71-,72-,73-/m1/s1. The molecule has 0 bridgehead atoms. The number of carbonyl (C=O) groups excluding carboxylic acids is 4. The van der Waals surface area contributed by atoms with Crippen LogP contribution in [0.5, 0.6) is 0 Å². The number of carbonyl (C=O) groups is 4. The van der Waals surface area contributed by atoms with Gasteiger partial charge in [-0.15, -0.1) is 0 Å². The van der Waals surface area contributed by atoms with Crippen molar-refractivity contribution in [1.82, 2.24) is 0 Å². The second kappa shape index (κ2) is 67.5. The first-order valence-electron chi connectivity index (χ1n) is 39.8. The highest BCUT2D eigenvalue weighted by Crippen LogP contribution is 2.45. The van der Waals surface area contributed by atoms with Crippen LogP contribution in [0.3, 0.4) is 0 Å². The first-order chi connectivity index (χ1) is 46.2. The molecule has 0 spiro atoms. The minimum Gasteiger partial charge on any atom is -0.462 e. The maximum atomic E-state index is 13.1. The smallest absolute Gasteiger partial charge is 0.462 e. The first-order valence-corrected chi connectivity index (χ1v) is 42.8. The number of phosphoric acid groups is 2. The molecule has 0 saturated heterocycles. The van der Waals surface area contributed by atoms with Crippen LogP contribution < -0.4 is 0 Å². The van der Waals surface area contributed by atoms with E-state index in [1.54, 1.807) is 0 Å². The third-order valence-corrected chi connectivity index (χ3v) is 19.8. The van der Waals surface area contributed by atoms with Crippen LogP contribution in [0, 0.1) is 17.8 Å². The van der Waals surface area contributed by atoms with Crippen molar-refractivity contribution < 1.29 is 80.2 Å². The maximum absolute atomic E-state index is 13.1. The monoisotopic (exact) mass is 1410 g/mol. The van der Waals surface area contributed by atoms with E-state index in [1.807, 2.05) is 0 Å². The summed E-state index contributed by atoms with van der Waals surface area (Å²) in [4.78, 5) is 72.8. The SMILES string of the molecule is CCCCCCCCCCCCCC(=O)O[C@H](COC(=O)CCCCCCCCCC(C)C)COP(=O)(O)OC[C@H](O)COP(=O)(O)OC[C@@H](COC(=O)CCCCCCCCCCCCCC(C)C)OC(=O)CCCCCCCCCCCCCCCCCCCCC(C)C. The fourth-order valence-electron chi connectivity index (χ4n) is 11.8. The van der Waals surface area contributed by atoms with Crippen molar-refractivity contribution in [1.29, 1.82) is 0 Å². The lowest BCUT2D eigenvalue weighted by Gasteiger charge is -2.21. The third-order valence-electron chi connectivity index (χ3n) is 17.9. The molecule has 0 aromatic carbocycles. The van der Waals surface area contributed by atoms with Gasteiger partial charge in [-0.2, -0.15) is 0 Å². The molecule has 3 N–H and O–H groups in total. The van der Waals surface area contributed by atoms with Crippen molar-refractivity contribution in [2.24, 2.45) is 17.8 Å². The molecule has 0 rings (SSSR count). The molecule has 2 unspecified atom stereocenters. The molecule has 0 aliphatic rings. The van der Waals surface area contributed by atoms with Gasteiger partial charge in [-0.3, -0.25) is 37.3 Å². The number of rotatable bonds is 75. The second-order valence-corrected chi connectivity index (χ2v) is 32.1. The molecule has 0 aromatic rings. The van der Waals surface area contributed by atoms with Gasteiger partial charge in [0, 0.05) is 25.7 Å². The van der Waals surface area contributed by atoms with Gasteiger partial charge in [-0.05, 0) is 43.4 Å². The Kier molecular flexibility index (Phi) is 66.2. The number of aliphatic hydroxyl groups excluding tert-OH is 1. The van der Waals surface area contributed by atoms with Crippen LogP contribution in [0.1, 0.15) is 395 Å². The molecule has 0 fully saturated rings. The Hall–Kier alpha value is -1.94. The Morgan fingerprint density at radius 3 is 0.708 bits per heavy atom. The van der Waals surface area contributed by atoms with Crippen LogP contribution >= 0.6 is 15.6 Å². The van der Waals surface area contributed by atoms with E-state index < -0.39 is 97.5 Å². The highest BCUT2D eigenvalue weighted by atomic mass is 31.2. The first kappa shape index (κ1) is 94.1. The largest absolute Gasteiger partial charge is 0.472 e. The maximum Gasteiger partial charge on any atom is 0.472 e. The average Bonchev–Trinajstić information content (AvgIpc) is 1.08. The van der Waals surface area contributed by atoms with Gasteiger partial charge in [-0.25, -0.2) is 9.13 Å². The fraction of sp³-hybridized carbons (Fsp3) is 0.948. The van der Waals surface area contributed by atoms with Gasteiger partial charge in [-0.1, -0.05) is 344 Å². The summed E-state index contributed by atoms with van der Waals surface area (Å²) in [7, 11) is -9.91. The lowest BCUT2D eigenvalue weighted by molar-refractivity contribution is -0.161. The predicted octanol–water partition coefficient (Wildman–Crippen LogP) is 22.6. The molecular weight excluding hydrogens is 1260 g/mol. The Morgan fingerprint density at radius 2 is 0.479 bits per heavy atom. The number of phosphoric ester groups is 2. The Balaban J connectivity index is 5.20. The number of esters is 4. The van der Waals surface area contributed by atoms with Gasteiger partial charge >= 0.3 is 39.5 Å². The minimum absolute atomic E-state index is 0.106. The zero-order valence-corrected chi connectivity index (χ0v) is 64.6. The van der Waals surface area contributed by atoms with Gasteiger partial charge in [0.2, 0.25) is 0 Å². The van der Waals surface area contributed by atoms with Gasteiger partial charge in [0.15, 0.2) is 12.2 Å². The van der Waals surface area contributed by atoms with E-state index in [-0.39, 0.29) is 25.7 Å². The molecule has 96 heavy (non-hydrogen) atoms. The van der Waals surface area contributed by atoms with Crippen LogP contribution in [0.25, 0.3) is 0 Å². The fourth-order valence-corrected chi connectivity index (χ4v) is 13.4. The molecule has 0 aliphatic carbocycles. The molecule has 0 radical (unpaired) electrons. The van der Waals surface area contributed by atoms with E-state index in [0.29, 0.717) is 31.6 Å². The molecule has 0 saturated carbocycles. The molecule has 0 aromatic heterocycles. The van der Waals surface area contributed by atoms with E-state index in [2.05, 4.69) is 48.5 Å². The lowest BCUT2D eigenvalue weighted by Crippen LogP contribution is -2.30. The van der Waals surface area contributed by atoms with E-state index in [1.165, 1.54) is 199 Å². The molecule has 19 heteroatoms. The summed E-state index contributed by atoms with van der Waals surface area (Å²) < 4.78 is 68.5. The highest BCUT2D eigenvalue weighted by Gasteiger charge is 2.30. The lowest BCUT2D eigenvalue weighted by atomic mass is 10.0. The van der Waals surface area contributed by atoms with Crippen molar-refractivity contribution in [2.75, 3.05) is 39.6 Å². The van der Waals surface area contributed by atoms with Gasteiger partial charge < -0.3 is 33.8 Å². The van der Waals surface area contributed by atoms with Crippen LogP contribution in [-0.2, 0) is 65.4 Å². The van der Waals surface area contributed by atoms with Gasteiger partial charge in [0.1, 0.15) is 19.3 Å². The van der Waals surface area contributed by atoms with Crippen LogP contribution in [-0.4, -0.2) is 96.7 Å². The molecule has 0 heterocycles. The van der Waals surface area contributed by atoms with Gasteiger partial charge in [0.05, 0.1) is 26.4 Å². The zero-order valence-electron chi connectivity index (χ0n) is 62.8. The van der Waals surface area contributed by atoms with Crippen molar-refractivity contribution in [3.63, 3.8) is 0 Å². The van der Waals surface area contributed by atoms with Crippen molar-refractivity contribution in [3.05, 3.63) is 0 Å². The van der Waals surface area contributed by atoms with Crippen molar-refractivity contribution >= 4 is 39.5 Å². The predicted molar refractivity (Wildman–Crippen MR) is 391 cm³/mol. The number of ether oxygens (including phenoxy) is 4. The number of aliphatic hydroxyl groups is 1. The Labute approximate surface area is 588 Å². The normalized spacial score (nSPS) is 14.1. The highest BCUT2D eigenvalue weighted by molar-refractivity contribution is 7.47. The van der Waals surface area contributed by atoms with Crippen molar-refractivity contribution in [3.8, 4) is 0 Å². The summed E-state index contributed by atoms with van der Waals surface area (Å²) in [6, 6.07) is 0. The summed E-state index contributed by atoms with van der Waals surface area (Å²) in [6.07, 6.45) is 54.2. The zero-order chi connectivity index (χ0) is 70.9. The molecule has 0 amide bonds. The van der Waals surface area contributed by atoms with E-state index >= 15 is 0 Å². The number of unbranched alkanes of at least 4 members (excludes halogenated alkanes) is 43. The summed E-state index contributed by atoms with van der Waals surface area (Å²) >= 11 is 0. The van der Waals surface area contributed by atoms with Crippen LogP contribution in [0.2, 0.25) is 0 Å². The minimum atomic E-state index is -4.96. The topological polar surface area (TPSA) is 237 Å². The summed E-state index contributed by atoms with van der Waals surface area (Å²) in [6.45, 7) is 11.9. The van der Waals surface area contributed by atoms with Crippen LogP contribution in [0.4, 0.5) is 0 Å². The van der Waals surface area contributed by atoms with Gasteiger partial charge in [0.25, 0.3) is 0 Å². The van der Waals surface area contributed by atoms with Crippen molar-refractivity contribution in [2.45, 2.75) is 414 Å². The number of hydrogen-bond acceptors (Lipinski definition) is 15. The van der Waals surface area contributed by atoms with E-state index in [0.717, 1.165) is 108 Å². The van der Waals surface area contributed by atoms with E-state index in [9.17, 15) is 43.2 Å². The van der Waals surface area contributed by atoms with Crippen LogP contribution in [0.15, 0.2) is 0 Å². The molecule has 0 aliphatic heterocycles. The van der Waals surface area contributed by atoms with E-state index in [4.69, 9.17) is 37.0 Å². The Bertz CT molecular complexity index is 1870. The summed E-state index contributed by atoms with van der Waals surface area (Å²) in [5.74, 6) is 0.179. The average molecular weight is 1410 g/mol. The quantitative estimate of drug-likeness (QED) is 0.0222. The summed E-state index contributed by atoms with van der Waals surface area (Å²) in [5.41, 5.74) is 0.